The van der Waals surface area contributed by atoms with Gasteiger partial charge in [-0.25, -0.2) is 0 Å². The summed E-state index contributed by atoms with van der Waals surface area (Å²) >= 11 is 0. The Bertz CT molecular complexity index is 599. The highest BCUT2D eigenvalue weighted by Gasteiger charge is 2.59. The zero-order chi connectivity index (χ0) is 15.1. The first-order valence-electron chi connectivity index (χ1n) is 5.91. The van der Waals surface area contributed by atoms with Gasteiger partial charge in [0.1, 0.15) is 11.7 Å². The number of benzene rings is 1. The van der Waals surface area contributed by atoms with Gasteiger partial charge in [0.05, 0.1) is 7.11 Å². The number of nitrogens with two attached hydrogens (primary N) is 1. The molecule has 1 aromatic rings. The minimum atomic E-state index is -2.22. The van der Waals surface area contributed by atoms with Crippen molar-refractivity contribution in [2.24, 2.45) is 11.7 Å². The number of carbonyl (C=O) groups is 4. The number of methoxy groups -OCH3 is 1. The number of rotatable bonds is 3. The van der Waals surface area contributed by atoms with E-state index in [0.717, 1.165) is 14.0 Å². The number of ether oxygens (including phenoxy) is 1. The van der Waals surface area contributed by atoms with Crippen molar-refractivity contribution in [3.05, 3.63) is 35.4 Å². The van der Waals surface area contributed by atoms with Crippen LogP contribution >= 0.6 is 0 Å². The number of hydrogen-bond acceptors (Lipinski definition) is 6. The molecule has 1 atom stereocenters. The molecule has 0 radical (unpaired) electrons. The average Bonchev–Trinajstić information content (AvgIpc) is 2.62. The van der Waals surface area contributed by atoms with Crippen molar-refractivity contribution in [2.45, 2.75) is 12.5 Å². The molecule has 0 aliphatic heterocycles. The van der Waals surface area contributed by atoms with Gasteiger partial charge in [-0.1, -0.05) is 24.3 Å². The van der Waals surface area contributed by atoms with E-state index in [4.69, 9.17) is 5.73 Å². The lowest BCUT2D eigenvalue weighted by atomic mass is 9.78. The Morgan fingerprint density at radius 3 is 1.95 bits per heavy atom. The normalized spacial score (nSPS) is 17.6. The maximum atomic E-state index is 12.4. The van der Waals surface area contributed by atoms with E-state index >= 15 is 0 Å². The molecule has 6 heteroatoms. The third-order valence-electron chi connectivity index (χ3n) is 3.47. The largest absolute Gasteiger partial charge is 0.468 e. The Kier molecular flexibility index (Phi) is 3.27. The van der Waals surface area contributed by atoms with Crippen molar-refractivity contribution in [3.63, 3.8) is 0 Å². The summed E-state index contributed by atoms with van der Waals surface area (Å²) in [6, 6.07) is 6.05. The van der Waals surface area contributed by atoms with Crippen molar-refractivity contribution in [1.29, 1.82) is 0 Å². The average molecular weight is 275 g/mol. The summed E-state index contributed by atoms with van der Waals surface area (Å²) in [5.41, 5.74) is 3.92. The van der Waals surface area contributed by atoms with Gasteiger partial charge in [-0.05, 0) is 6.92 Å². The van der Waals surface area contributed by atoms with Crippen LogP contribution in [0.3, 0.4) is 0 Å². The minimum Gasteiger partial charge on any atom is -0.468 e. The minimum absolute atomic E-state index is 0.121. The molecule has 0 fully saturated rings. The van der Waals surface area contributed by atoms with Gasteiger partial charge in [0.25, 0.3) is 0 Å². The molecule has 1 aromatic carbocycles. The summed E-state index contributed by atoms with van der Waals surface area (Å²) in [6.45, 7) is 1.10. The number of esters is 1. The van der Waals surface area contributed by atoms with Crippen LogP contribution in [0, 0.1) is 5.92 Å². The molecule has 0 heterocycles. The molecule has 0 spiro atoms. The van der Waals surface area contributed by atoms with E-state index in [1.54, 1.807) is 12.1 Å². The standard InChI is InChI=1S/C14H13NO5/c1-7(16)10(13(19)20-2)14(15)11(17)8-5-3-4-6-9(8)12(14)18/h3-6,10H,15H2,1-2H3. The van der Waals surface area contributed by atoms with Crippen molar-refractivity contribution in [2.75, 3.05) is 7.11 Å². The molecule has 1 aliphatic rings. The lowest BCUT2D eigenvalue weighted by Crippen LogP contribution is -2.61. The van der Waals surface area contributed by atoms with Gasteiger partial charge in [0.15, 0.2) is 17.1 Å². The van der Waals surface area contributed by atoms with Crippen LogP contribution in [0.2, 0.25) is 0 Å². The number of Topliss-reactive ketones (excluding diaryl/α,β-unsaturated/α-hetero) is 3. The predicted octanol–water partition coefficient (Wildman–Crippen LogP) is 0.141. The summed E-state index contributed by atoms with van der Waals surface area (Å²) < 4.78 is 4.50. The van der Waals surface area contributed by atoms with Gasteiger partial charge in [-0.2, -0.15) is 0 Å². The van der Waals surface area contributed by atoms with E-state index in [9.17, 15) is 19.2 Å². The molecule has 0 aromatic heterocycles. The van der Waals surface area contributed by atoms with E-state index in [2.05, 4.69) is 4.74 Å². The monoisotopic (exact) mass is 275 g/mol. The molecule has 20 heavy (non-hydrogen) atoms. The Balaban J connectivity index is 2.62. The van der Waals surface area contributed by atoms with Crippen LogP contribution in [0.1, 0.15) is 27.6 Å². The van der Waals surface area contributed by atoms with Gasteiger partial charge in [-0.3, -0.25) is 19.2 Å². The van der Waals surface area contributed by atoms with Crippen LogP contribution in [-0.2, 0) is 14.3 Å². The smallest absolute Gasteiger partial charge is 0.319 e. The van der Waals surface area contributed by atoms with Crippen LogP contribution in [0.15, 0.2) is 24.3 Å². The summed E-state index contributed by atoms with van der Waals surface area (Å²) in [6.07, 6.45) is 0. The van der Waals surface area contributed by atoms with E-state index in [1.165, 1.54) is 12.1 Å². The number of ketones is 3. The Morgan fingerprint density at radius 1 is 1.15 bits per heavy atom. The van der Waals surface area contributed by atoms with Crippen LogP contribution in [-0.4, -0.2) is 36.0 Å². The van der Waals surface area contributed by atoms with Crippen LogP contribution in [0.25, 0.3) is 0 Å². The van der Waals surface area contributed by atoms with Crippen molar-refractivity contribution >= 4 is 23.3 Å². The molecular weight excluding hydrogens is 262 g/mol. The summed E-state index contributed by atoms with van der Waals surface area (Å²) in [5.74, 6) is -4.78. The van der Waals surface area contributed by atoms with Gasteiger partial charge in [0, 0.05) is 11.1 Å². The fraction of sp³-hybridized carbons (Fsp3) is 0.286. The lowest BCUT2D eigenvalue weighted by molar-refractivity contribution is -0.150. The van der Waals surface area contributed by atoms with Gasteiger partial charge in [-0.15, -0.1) is 0 Å². The molecule has 104 valence electrons. The van der Waals surface area contributed by atoms with E-state index in [1.807, 2.05) is 0 Å². The second-order valence-electron chi connectivity index (χ2n) is 4.64. The number of hydrogen-bond donors (Lipinski definition) is 1. The van der Waals surface area contributed by atoms with Gasteiger partial charge < -0.3 is 10.5 Å². The van der Waals surface area contributed by atoms with E-state index in [-0.39, 0.29) is 11.1 Å². The highest BCUT2D eigenvalue weighted by atomic mass is 16.5. The number of carbonyl (C=O) groups excluding carboxylic acids is 4. The number of fused-ring (bicyclic) bond motifs is 1. The Morgan fingerprint density at radius 2 is 1.60 bits per heavy atom. The topological polar surface area (TPSA) is 104 Å². The second-order valence-corrected chi connectivity index (χ2v) is 4.64. The summed E-state index contributed by atoms with van der Waals surface area (Å²) in [7, 11) is 1.07. The first-order chi connectivity index (χ1) is 9.35. The molecule has 1 aliphatic carbocycles. The van der Waals surface area contributed by atoms with E-state index < -0.39 is 34.8 Å². The van der Waals surface area contributed by atoms with Crippen molar-refractivity contribution < 1.29 is 23.9 Å². The molecule has 2 N–H and O–H groups in total. The Hall–Kier alpha value is -2.34. The van der Waals surface area contributed by atoms with Crippen molar-refractivity contribution in [3.8, 4) is 0 Å². The molecule has 0 amide bonds. The van der Waals surface area contributed by atoms with E-state index in [0.29, 0.717) is 0 Å². The summed E-state index contributed by atoms with van der Waals surface area (Å²) in [4.78, 5) is 48.2. The quantitative estimate of drug-likeness (QED) is 0.621. The first-order valence-corrected chi connectivity index (χ1v) is 5.91. The van der Waals surface area contributed by atoms with Crippen LogP contribution in [0.4, 0.5) is 0 Å². The molecule has 6 nitrogen and oxygen atoms in total. The SMILES string of the molecule is COC(=O)C(C(C)=O)C1(N)C(=O)c2ccccc2C1=O. The zero-order valence-corrected chi connectivity index (χ0v) is 11.0. The van der Waals surface area contributed by atoms with Crippen LogP contribution < -0.4 is 5.73 Å². The second kappa shape index (κ2) is 4.64. The molecule has 0 saturated heterocycles. The molecular formula is C14H13NO5. The fourth-order valence-electron chi connectivity index (χ4n) is 2.48. The predicted molar refractivity (Wildman–Crippen MR) is 68.2 cm³/mol. The van der Waals surface area contributed by atoms with Crippen molar-refractivity contribution in [1.82, 2.24) is 0 Å². The maximum Gasteiger partial charge on any atom is 0.319 e. The molecule has 2 rings (SSSR count). The highest BCUT2D eigenvalue weighted by Crippen LogP contribution is 2.34. The van der Waals surface area contributed by atoms with Crippen LogP contribution in [0.5, 0.6) is 0 Å². The third kappa shape index (κ3) is 1.69. The Labute approximate surface area is 114 Å². The highest BCUT2D eigenvalue weighted by molar-refractivity contribution is 6.36. The van der Waals surface area contributed by atoms with Gasteiger partial charge in [0.2, 0.25) is 0 Å². The lowest BCUT2D eigenvalue weighted by Gasteiger charge is -2.26. The zero-order valence-electron chi connectivity index (χ0n) is 11.0. The third-order valence-corrected chi connectivity index (χ3v) is 3.47. The molecule has 1 unspecified atom stereocenters. The molecule has 0 bridgehead atoms. The fourth-order valence-corrected chi connectivity index (χ4v) is 2.48. The maximum absolute atomic E-state index is 12.4. The summed E-state index contributed by atoms with van der Waals surface area (Å²) in [5, 5.41) is 0. The van der Waals surface area contributed by atoms with Gasteiger partial charge >= 0.3 is 5.97 Å². The first kappa shape index (κ1) is 14.1. The molecule has 0 saturated carbocycles.